The maximum absolute atomic E-state index is 13.5. The monoisotopic (exact) mass is 435 g/mol. The molecule has 2 aliphatic rings. The Bertz CT molecular complexity index is 860. The van der Waals surface area contributed by atoms with Gasteiger partial charge < -0.3 is 20.3 Å². The molecule has 2 aromatic rings. The number of aromatic nitrogens is 2. The van der Waals surface area contributed by atoms with Crippen LogP contribution in [-0.4, -0.2) is 42.3 Å². The standard InChI is InChI=1S/C22H28F3N5O/c1-15-2-4-16(5-3-15)27-20-19(22(23,24)25)14-26-21(29-20)28-17-6-8-18(9-7-17)30-10-12-31-13-11-30/h6-9,14-16H,2-5,10-13H2,1H3,(H2,26,27,28,29)/t15-,16-. The summed E-state index contributed by atoms with van der Waals surface area (Å²) in [5.41, 5.74) is 0.963. The zero-order chi connectivity index (χ0) is 21.8. The van der Waals surface area contributed by atoms with Crippen LogP contribution in [0.4, 0.5) is 36.3 Å². The van der Waals surface area contributed by atoms with E-state index in [9.17, 15) is 13.2 Å². The number of alkyl halides is 3. The number of nitrogens with zero attached hydrogens (tertiary/aromatic N) is 3. The molecule has 1 aromatic heterocycles. The van der Waals surface area contributed by atoms with Crippen LogP contribution in [0.5, 0.6) is 0 Å². The average Bonchev–Trinajstić information content (AvgIpc) is 2.76. The Kier molecular flexibility index (Phi) is 6.50. The third-order valence-corrected chi connectivity index (χ3v) is 5.95. The second-order valence-corrected chi connectivity index (χ2v) is 8.33. The molecule has 1 aliphatic heterocycles. The first kappa shape index (κ1) is 21.7. The molecule has 168 valence electrons. The fourth-order valence-electron chi connectivity index (χ4n) is 4.06. The first-order valence-corrected chi connectivity index (χ1v) is 10.8. The van der Waals surface area contributed by atoms with Gasteiger partial charge in [0.15, 0.2) is 0 Å². The molecule has 1 aromatic carbocycles. The molecule has 2 fully saturated rings. The highest BCUT2D eigenvalue weighted by Gasteiger charge is 2.36. The van der Waals surface area contributed by atoms with Gasteiger partial charge in [0.05, 0.1) is 13.2 Å². The van der Waals surface area contributed by atoms with Gasteiger partial charge in [-0.1, -0.05) is 6.92 Å². The van der Waals surface area contributed by atoms with Crippen molar-refractivity contribution in [2.45, 2.75) is 44.8 Å². The van der Waals surface area contributed by atoms with E-state index >= 15 is 0 Å². The molecule has 4 rings (SSSR count). The largest absolute Gasteiger partial charge is 0.421 e. The van der Waals surface area contributed by atoms with Crippen LogP contribution in [0.2, 0.25) is 0 Å². The summed E-state index contributed by atoms with van der Waals surface area (Å²) in [7, 11) is 0. The van der Waals surface area contributed by atoms with Crippen LogP contribution in [0.1, 0.15) is 38.2 Å². The number of halogens is 3. The maximum Gasteiger partial charge on any atom is 0.421 e. The highest BCUT2D eigenvalue weighted by atomic mass is 19.4. The lowest BCUT2D eigenvalue weighted by Crippen LogP contribution is -2.36. The van der Waals surface area contributed by atoms with Crippen molar-refractivity contribution in [2.24, 2.45) is 5.92 Å². The fraction of sp³-hybridized carbons (Fsp3) is 0.545. The molecule has 2 heterocycles. The van der Waals surface area contributed by atoms with Crippen LogP contribution in [0.25, 0.3) is 0 Å². The Morgan fingerprint density at radius 2 is 1.71 bits per heavy atom. The Morgan fingerprint density at radius 1 is 1.03 bits per heavy atom. The van der Waals surface area contributed by atoms with Gasteiger partial charge in [0.1, 0.15) is 11.4 Å². The van der Waals surface area contributed by atoms with Crippen LogP contribution in [-0.2, 0) is 10.9 Å². The Morgan fingerprint density at radius 3 is 2.35 bits per heavy atom. The van der Waals surface area contributed by atoms with Crippen LogP contribution < -0.4 is 15.5 Å². The van der Waals surface area contributed by atoms with Gasteiger partial charge in [-0.05, 0) is 55.9 Å². The van der Waals surface area contributed by atoms with E-state index in [1.807, 2.05) is 24.3 Å². The van der Waals surface area contributed by atoms with Crippen LogP contribution in [0.15, 0.2) is 30.5 Å². The molecule has 0 atom stereocenters. The highest BCUT2D eigenvalue weighted by Crippen LogP contribution is 2.36. The van der Waals surface area contributed by atoms with Crippen molar-refractivity contribution in [3.05, 3.63) is 36.0 Å². The van der Waals surface area contributed by atoms with Crippen molar-refractivity contribution < 1.29 is 17.9 Å². The number of rotatable bonds is 5. The van der Waals surface area contributed by atoms with Gasteiger partial charge >= 0.3 is 6.18 Å². The van der Waals surface area contributed by atoms with Crippen molar-refractivity contribution >= 4 is 23.1 Å². The Hall–Kier alpha value is -2.55. The van der Waals surface area contributed by atoms with E-state index in [4.69, 9.17) is 4.74 Å². The van der Waals surface area contributed by atoms with Gasteiger partial charge in [0.25, 0.3) is 0 Å². The predicted molar refractivity (Wildman–Crippen MR) is 115 cm³/mol. The molecule has 0 amide bonds. The molecule has 1 aliphatic carbocycles. The summed E-state index contributed by atoms with van der Waals surface area (Å²) in [4.78, 5) is 10.3. The number of hydrogen-bond donors (Lipinski definition) is 2. The molecule has 0 spiro atoms. The molecule has 31 heavy (non-hydrogen) atoms. The normalized spacial score (nSPS) is 22.3. The quantitative estimate of drug-likeness (QED) is 0.684. The number of benzene rings is 1. The van der Waals surface area contributed by atoms with Gasteiger partial charge in [-0.3, -0.25) is 0 Å². The molecule has 9 heteroatoms. The molecule has 1 saturated carbocycles. The fourth-order valence-corrected chi connectivity index (χ4v) is 4.06. The number of hydrogen-bond acceptors (Lipinski definition) is 6. The lowest BCUT2D eigenvalue weighted by atomic mass is 9.87. The summed E-state index contributed by atoms with van der Waals surface area (Å²) in [6.45, 7) is 5.26. The first-order chi connectivity index (χ1) is 14.9. The zero-order valence-electron chi connectivity index (χ0n) is 17.6. The summed E-state index contributed by atoms with van der Waals surface area (Å²) >= 11 is 0. The van der Waals surface area contributed by atoms with Crippen molar-refractivity contribution in [2.75, 3.05) is 41.8 Å². The van der Waals surface area contributed by atoms with E-state index in [1.165, 1.54) is 0 Å². The van der Waals surface area contributed by atoms with Gasteiger partial charge in [0, 0.05) is 36.7 Å². The molecule has 1 saturated heterocycles. The minimum Gasteiger partial charge on any atom is -0.378 e. The third kappa shape index (κ3) is 5.58. The minimum atomic E-state index is -4.51. The second-order valence-electron chi connectivity index (χ2n) is 8.33. The van der Waals surface area contributed by atoms with Crippen molar-refractivity contribution in [3.63, 3.8) is 0 Å². The molecule has 0 radical (unpaired) electrons. The van der Waals surface area contributed by atoms with Crippen molar-refractivity contribution in [1.82, 2.24) is 9.97 Å². The predicted octanol–water partition coefficient (Wildman–Crippen LogP) is 5.07. The maximum atomic E-state index is 13.5. The van der Waals surface area contributed by atoms with Crippen LogP contribution >= 0.6 is 0 Å². The van der Waals surface area contributed by atoms with Crippen LogP contribution in [0, 0.1) is 5.92 Å². The number of ether oxygens (including phenoxy) is 1. The van der Waals surface area contributed by atoms with Gasteiger partial charge in [-0.15, -0.1) is 0 Å². The Balaban J connectivity index is 1.49. The lowest BCUT2D eigenvalue weighted by Gasteiger charge is -2.29. The van der Waals surface area contributed by atoms with Crippen LogP contribution in [0.3, 0.4) is 0 Å². The topological polar surface area (TPSA) is 62.3 Å². The summed E-state index contributed by atoms with van der Waals surface area (Å²) in [6.07, 6.45) is 0.0334. The smallest absolute Gasteiger partial charge is 0.378 e. The average molecular weight is 435 g/mol. The molecule has 0 bridgehead atoms. The summed E-state index contributed by atoms with van der Waals surface area (Å²) in [5.74, 6) is 0.594. The number of anilines is 4. The van der Waals surface area contributed by atoms with E-state index in [0.717, 1.165) is 50.7 Å². The summed E-state index contributed by atoms with van der Waals surface area (Å²) in [6, 6.07) is 7.69. The van der Waals surface area contributed by atoms with Gasteiger partial charge in [-0.25, -0.2) is 4.98 Å². The van der Waals surface area contributed by atoms with Crippen molar-refractivity contribution in [3.8, 4) is 0 Å². The first-order valence-electron chi connectivity index (χ1n) is 10.8. The third-order valence-electron chi connectivity index (χ3n) is 5.95. The molecule has 0 unspecified atom stereocenters. The zero-order valence-corrected chi connectivity index (χ0v) is 17.6. The van der Waals surface area contributed by atoms with E-state index in [-0.39, 0.29) is 17.8 Å². The van der Waals surface area contributed by atoms with E-state index in [1.54, 1.807) is 0 Å². The second kappa shape index (κ2) is 9.30. The number of nitrogens with one attached hydrogen (secondary N) is 2. The van der Waals surface area contributed by atoms with Gasteiger partial charge in [0.2, 0.25) is 5.95 Å². The summed E-state index contributed by atoms with van der Waals surface area (Å²) in [5, 5.41) is 6.05. The molecule has 2 N–H and O–H groups in total. The van der Waals surface area contributed by atoms with Gasteiger partial charge in [-0.2, -0.15) is 18.2 Å². The molecular weight excluding hydrogens is 407 g/mol. The van der Waals surface area contributed by atoms with E-state index < -0.39 is 11.7 Å². The molecule has 6 nitrogen and oxygen atoms in total. The SMILES string of the molecule is C[C@H]1CC[C@H](Nc2nc(Nc3ccc(N4CCOCC4)cc3)ncc2C(F)(F)F)CC1. The molecular formula is C22H28F3N5O. The minimum absolute atomic E-state index is 0.00661. The van der Waals surface area contributed by atoms with E-state index in [0.29, 0.717) is 24.8 Å². The van der Waals surface area contributed by atoms with Crippen molar-refractivity contribution in [1.29, 1.82) is 0 Å². The number of morpholine rings is 1. The summed E-state index contributed by atoms with van der Waals surface area (Å²) < 4.78 is 45.8. The highest BCUT2D eigenvalue weighted by molar-refractivity contribution is 5.61. The Labute approximate surface area is 180 Å². The van der Waals surface area contributed by atoms with E-state index in [2.05, 4.69) is 32.4 Å². The lowest BCUT2D eigenvalue weighted by molar-refractivity contribution is -0.137.